The molecule has 0 amide bonds. The van der Waals surface area contributed by atoms with Crippen molar-refractivity contribution in [2.24, 2.45) is 10.8 Å². The smallest absolute Gasteiger partial charge is 0.144 e. The second-order valence-electron chi connectivity index (χ2n) is 4.40. The van der Waals surface area contributed by atoms with E-state index >= 15 is 0 Å². The first kappa shape index (κ1) is 11.0. The molecule has 0 heterocycles. The molecule has 2 heteroatoms. The van der Waals surface area contributed by atoms with Crippen LogP contribution in [-0.4, -0.2) is 0 Å². The predicted molar refractivity (Wildman–Crippen MR) is 48.0 cm³/mol. The van der Waals surface area contributed by atoms with E-state index in [1.165, 1.54) is 0 Å². The van der Waals surface area contributed by atoms with Gasteiger partial charge < -0.3 is 0 Å². The quantitative estimate of drug-likeness (QED) is 0.630. The molecule has 0 radical (unpaired) electrons. The van der Waals surface area contributed by atoms with Crippen LogP contribution in [0.25, 0.3) is 0 Å². The van der Waals surface area contributed by atoms with Gasteiger partial charge in [0.2, 0.25) is 0 Å². The summed E-state index contributed by atoms with van der Waals surface area (Å²) in [5, 5.41) is 17.7. The van der Waals surface area contributed by atoms with Crippen LogP contribution in [0, 0.1) is 33.5 Å². The lowest BCUT2D eigenvalue weighted by Gasteiger charge is -2.26. The monoisotopic (exact) mass is 164 g/mol. The average molecular weight is 164 g/mol. The van der Waals surface area contributed by atoms with Crippen LogP contribution in [0.5, 0.6) is 0 Å². The van der Waals surface area contributed by atoms with Crippen LogP contribution in [0.1, 0.15) is 40.5 Å². The molecule has 0 N–H and O–H groups in total. The van der Waals surface area contributed by atoms with Crippen molar-refractivity contribution in [2.75, 3.05) is 0 Å². The van der Waals surface area contributed by atoms with Crippen molar-refractivity contribution < 1.29 is 0 Å². The van der Waals surface area contributed by atoms with Gasteiger partial charge in [-0.05, 0) is 18.3 Å². The van der Waals surface area contributed by atoms with Gasteiger partial charge in [0, 0.05) is 0 Å². The Bertz CT molecular complexity index is 208. The van der Waals surface area contributed by atoms with Gasteiger partial charge in [0.15, 0.2) is 0 Å². The number of hydrogen-bond donors (Lipinski definition) is 0. The molecule has 2 nitrogen and oxygen atoms in total. The summed E-state index contributed by atoms with van der Waals surface area (Å²) in [7, 11) is 0. The maximum Gasteiger partial charge on any atom is 0.144 e. The van der Waals surface area contributed by atoms with E-state index in [4.69, 9.17) is 10.5 Å². The predicted octanol–water partition coefficient (Wildman–Crippen LogP) is 2.87. The van der Waals surface area contributed by atoms with Gasteiger partial charge in [-0.1, -0.05) is 27.7 Å². The van der Waals surface area contributed by atoms with Crippen LogP contribution in [0.3, 0.4) is 0 Å². The van der Waals surface area contributed by atoms with Crippen molar-refractivity contribution in [3.8, 4) is 12.1 Å². The lowest BCUT2D eigenvalue weighted by atomic mass is 9.74. The summed E-state index contributed by atoms with van der Waals surface area (Å²) >= 11 is 0. The molecule has 66 valence electrons. The van der Waals surface area contributed by atoms with Gasteiger partial charge in [-0.3, -0.25) is 0 Å². The molecule has 0 aliphatic rings. The third kappa shape index (κ3) is 2.93. The van der Waals surface area contributed by atoms with Gasteiger partial charge in [-0.25, -0.2) is 0 Å². The van der Waals surface area contributed by atoms with Gasteiger partial charge in [0.25, 0.3) is 0 Å². The molecular weight excluding hydrogens is 148 g/mol. The summed E-state index contributed by atoms with van der Waals surface area (Å²) in [5.74, 6) is 0. The van der Waals surface area contributed by atoms with E-state index in [1.807, 2.05) is 27.7 Å². The van der Waals surface area contributed by atoms with E-state index in [0.717, 1.165) is 0 Å². The number of hydrogen-bond acceptors (Lipinski definition) is 2. The van der Waals surface area contributed by atoms with Crippen LogP contribution in [0.2, 0.25) is 0 Å². The molecule has 0 saturated carbocycles. The van der Waals surface area contributed by atoms with E-state index in [9.17, 15) is 0 Å². The summed E-state index contributed by atoms with van der Waals surface area (Å²) in [4.78, 5) is 0. The molecule has 0 unspecified atom stereocenters. The Kier molecular flexibility index (Phi) is 3.28. The standard InChI is InChI=1S/C10H16N2/c1-5-10(7-11,8-12)6-9(2,3)4/h5-6H2,1-4H3. The second-order valence-corrected chi connectivity index (χ2v) is 4.40. The highest BCUT2D eigenvalue weighted by atomic mass is 14.4. The fourth-order valence-corrected chi connectivity index (χ4v) is 1.29. The molecule has 0 aromatic carbocycles. The fourth-order valence-electron chi connectivity index (χ4n) is 1.29. The summed E-state index contributed by atoms with van der Waals surface area (Å²) in [6.45, 7) is 8.03. The maximum atomic E-state index is 8.87. The molecule has 0 bridgehead atoms. The normalized spacial score (nSPS) is 11.8. The Morgan fingerprint density at radius 1 is 1.08 bits per heavy atom. The summed E-state index contributed by atoms with van der Waals surface area (Å²) in [6, 6.07) is 4.22. The van der Waals surface area contributed by atoms with Gasteiger partial charge in [-0.2, -0.15) is 10.5 Å². The van der Waals surface area contributed by atoms with Crippen LogP contribution in [-0.2, 0) is 0 Å². The summed E-state index contributed by atoms with van der Waals surface area (Å²) in [6.07, 6.45) is 1.25. The highest BCUT2D eigenvalue weighted by Gasteiger charge is 2.32. The zero-order valence-electron chi connectivity index (χ0n) is 8.31. The molecule has 0 aromatic heterocycles. The molecule has 0 aromatic rings. The Morgan fingerprint density at radius 2 is 1.50 bits per heavy atom. The lowest BCUT2D eigenvalue weighted by molar-refractivity contribution is 0.277. The summed E-state index contributed by atoms with van der Waals surface area (Å²) in [5.41, 5.74) is -0.736. The zero-order valence-corrected chi connectivity index (χ0v) is 8.31. The van der Waals surface area contributed by atoms with Gasteiger partial charge in [0.05, 0.1) is 12.1 Å². The van der Waals surface area contributed by atoms with Gasteiger partial charge in [0.1, 0.15) is 5.41 Å². The first-order valence-corrected chi connectivity index (χ1v) is 4.21. The van der Waals surface area contributed by atoms with E-state index in [2.05, 4.69) is 12.1 Å². The van der Waals surface area contributed by atoms with Crippen molar-refractivity contribution >= 4 is 0 Å². The molecule has 12 heavy (non-hydrogen) atoms. The van der Waals surface area contributed by atoms with Gasteiger partial charge in [-0.15, -0.1) is 0 Å². The van der Waals surface area contributed by atoms with Crippen LogP contribution >= 0.6 is 0 Å². The Balaban J connectivity index is 4.60. The maximum absolute atomic E-state index is 8.87. The first-order valence-electron chi connectivity index (χ1n) is 4.21. The Labute approximate surface area is 74.8 Å². The minimum Gasteiger partial charge on any atom is -0.197 e. The topological polar surface area (TPSA) is 47.6 Å². The van der Waals surface area contributed by atoms with Crippen LogP contribution in [0.4, 0.5) is 0 Å². The van der Waals surface area contributed by atoms with E-state index in [-0.39, 0.29) is 5.41 Å². The average Bonchev–Trinajstić information content (AvgIpc) is 1.99. The molecule has 0 spiro atoms. The van der Waals surface area contributed by atoms with Gasteiger partial charge >= 0.3 is 0 Å². The SMILES string of the molecule is CCC(C#N)(C#N)CC(C)(C)C. The second kappa shape index (κ2) is 3.59. The third-order valence-electron chi connectivity index (χ3n) is 1.86. The van der Waals surface area contributed by atoms with Crippen molar-refractivity contribution in [3.05, 3.63) is 0 Å². The number of nitriles is 2. The fraction of sp³-hybridized carbons (Fsp3) is 0.800. The minimum atomic E-state index is -0.780. The molecule has 0 fully saturated rings. The molecule has 0 aliphatic heterocycles. The highest BCUT2D eigenvalue weighted by molar-refractivity contribution is 5.13. The van der Waals surface area contributed by atoms with E-state index in [0.29, 0.717) is 12.8 Å². The highest BCUT2D eigenvalue weighted by Crippen LogP contribution is 2.35. The molecule has 0 atom stereocenters. The Hall–Kier alpha value is -1.02. The Morgan fingerprint density at radius 3 is 1.58 bits per heavy atom. The van der Waals surface area contributed by atoms with Crippen molar-refractivity contribution in [1.29, 1.82) is 10.5 Å². The molecule has 0 aliphatic carbocycles. The van der Waals surface area contributed by atoms with Crippen molar-refractivity contribution in [2.45, 2.75) is 40.5 Å². The summed E-state index contributed by atoms with van der Waals surface area (Å²) < 4.78 is 0. The van der Waals surface area contributed by atoms with Crippen LogP contribution in [0.15, 0.2) is 0 Å². The van der Waals surface area contributed by atoms with E-state index < -0.39 is 5.41 Å². The number of rotatable bonds is 2. The third-order valence-corrected chi connectivity index (χ3v) is 1.86. The lowest BCUT2D eigenvalue weighted by Crippen LogP contribution is -2.22. The van der Waals surface area contributed by atoms with Crippen LogP contribution < -0.4 is 0 Å². The largest absolute Gasteiger partial charge is 0.197 e. The van der Waals surface area contributed by atoms with Crippen molar-refractivity contribution in [3.63, 3.8) is 0 Å². The first-order chi connectivity index (χ1) is 5.39. The number of nitrogens with zero attached hydrogens (tertiary/aromatic N) is 2. The molecule has 0 saturated heterocycles. The minimum absolute atomic E-state index is 0.0431. The molecular formula is C10H16N2. The zero-order chi connectivity index (χ0) is 9.83. The van der Waals surface area contributed by atoms with E-state index in [1.54, 1.807) is 0 Å². The molecule has 0 rings (SSSR count). The van der Waals surface area contributed by atoms with Crippen molar-refractivity contribution in [1.82, 2.24) is 0 Å².